The van der Waals surface area contributed by atoms with Crippen molar-refractivity contribution in [2.24, 2.45) is 5.92 Å². The first-order valence-corrected chi connectivity index (χ1v) is 10.7. The molecule has 9 heteroatoms. The highest BCUT2D eigenvalue weighted by molar-refractivity contribution is 7.91. The lowest BCUT2D eigenvalue weighted by molar-refractivity contribution is -0.120. The molecule has 1 amide bonds. The van der Waals surface area contributed by atoms with Gasteiger partial charge in [-0.3, -0.25) is 4.79 Å². The summed E-state index contributed by atoms with van der Waals surface area (Å²) in [4.78, 5) is 12.5. The van der Waals surface area contributed by atoms with Gasteiger partial charge in [-0.15, -0.1) is 11.3 Å². The minimum atomic E-state index is -3.54. The molecule has 0 saturated carbocycles. The van der Waals surface area contributed by atoms with Crippen molar-refractivity contribution < 1.29 is 13.2 Å². The topological polar surface area (TPSA) is 66.5 Å². The molecule has 1 fully saturated rings. The average Bonchev–Trinajstić information content (AvgIpc) is 3.14. The van der Waals surface area contributed by atoms with Gasteiger partial charge in [0.05, 0.1) is 16.0 Å². The zero-order chi connectivity index (χ0) is 18.0. The molecule has 134 valence electrons. The third kappa shape index (κ3) is 4.17. The molecule has 3 rings (SSSR count). The van der Waals surface area contributed by atoms with Crippen molar-refractivity contribution in [3.8, 4) is 0 Å². The Balaban J connectivity index is 1.70. The van der Waals surface area contributed by atoms with Gasteiger partial charge in [0.1, 0.15) is 4.21 Å². The number of hydrogen-bond acceptors (Lipinski definition) is 4. The van der Waals surface area contributed by atoms with Gasteiger partial charge in [-0.25, -0.2) is 8.42 Å². The van der Waals surface area contributed by atoms with Crippen molar-refractivity contribution in [3.05, 3.63) is 45.8 Å². The van der Waals surface area contributed by atoms with Gasteiger partial charge >= 0.3 is 0 Å². The predicted molar refractivity (Wildman–Crippen MR) is 101 cm³/mol. The van der Waals surface area contributed by atoms with E-state index in [1.54, 1.807) is 35.7 Å². The van der Waals surface area contributed by atoms with Crippen molar-refractivity contribution in [2.45, 2.75) is 17.1 Å². The molecule has 25 heavy (non-hydrogen) atoms. The zero-order valence-electron chi connectivity index (χ0n) is 13.1. The van der Waals surface area contributed by atoms with Gasteiger partial charge in [0.2, 0.25) is 5.91 Å². The van der Waals surface area contributed by atoms with Crippen molar-refractivity contribution >= 4 is 56.2 Å². The SMILES string of the molecule is O=C(Nc1ccc(Cl)c(Cl)c1)[C@@H]1CCCN(S(=O)(=O)c2cccs2)C1. The number of carbonyl (C=O) groups excluding carboxylic acids is 1. The molecule has 1 atom stereocenters. The maximum absolute atomic E-state index is 12.6. The van der Waals surface area contributed by atoms with Gasteiger partial charge in [0, 0.05) is 18.8 Å². The minimum absolute atomic E-state index is 0.174. The number of nitrogens with zero attached hydrogens (tertiary/aromatic N) is 1. The highest BCUT2D eigenvalue weighted by atomic mass is 35.5. The summed E-state index contributed by atoms with van der Waals surface area (Å²) in [6, 6.07) is 8.13. The van der Waals surface area contributed by atoms with Crippen LogP contribution < -0.4 is 5.32 Å². The van der Waals surface area contributed by atoms with E-state index in [9.17, 15) is 13.2 Å². The van der Waals surface area contributed by atoms with E-state index in [-0.39, 0.29) is 12.5 Å². The number of amides is 1. The van der Waals surface area contributed by atoms with Crippen molar-refractivity contribution in [1.29, 1.82) is 0 Å². The highest BCUT2D eigenvalue weighted by Gasteiger charge is 2.33. The largest absolute Gasteiger partial charge is 0.326 e. The summed E-state index contributed by atoms with van der Waals surface area (Å²) in [5.41, 5.74) is 0.539. The third-order valence-corrected chi connectivity index (χ3v) is 8.01. The number of nitrogens with one attached hydrogen (secondary N) is 1. The van der Waals surface area contributed by atoms with Crippen molar-refractivity contribution in [1.82, 2.24) is 4.31 Å². The number of thiophene rings is 1. The lowest BCUT2D eigenvalue weighted by atomic mass is 9.99. The summed E-state index contributed by atoms with van der Waals surface area (Å²) in [7, 11) is -3.54. The maximum Gasteiger partial charge on any atom is 0.252 e. The number of halogens is 2. The molecule has 1 aromatic carbocycles. The van der Waals surface area contributed by atoms with E-state index in [2.05, 4.69) is 5.32 Å². The van der Waals surface area contributed by atoms with Gasteiger partial charge in [0.15, 0.2) is 0 Å². The lowest BCUT2D eigenvalue weighted by Crippen LogP contribution is -2.43. The summed E-state index contributed by atoms with van der Waals surface area (Å²) in [5, 5.41) is 5.27. The Kier molecular flexibility index (Phi) is 5.70. The van der Waals surface area contributed by atoms with E-state index in [0.29, 0.717) is 39.3 Å². The van der Waals surface area contributed by atoms with Crippen LogP contribution in [0.25, 0.3) is 0 Å². The Bertz CT molecular complexity index is 870. The van der Waals surface area contributed by atoms with Crippen LogP contribution in [0.15, 0.2) is 39.9 Å². The van der Waals surface area contributed by atoms with Crippen LogP contribution in [-0.4, -0.2) is 31.7 Å². The number of carbonyl (C=O) groups is 1. The fraction of sp³-hybridized carbons (Fsp3) is 0.312. The highest BCUT2D eigenvalue weighted by Crippen LogP contribution is 2.28. The summed E-state index contributed by atoms with van der Waals surface area (Å²) < 4.78 is 27.0. The van der Waals surface area contributed by atoms with Crippen LogP contribution in [0.2, 0.25) is 10.0 Å². The number of benzene rings is 1. The van der Waals surface area contributed by atoms with Crippen LogP contribution in [0.1, 0.15) is 12.8 Å². The first-order valence-electron chi connectivity index (χ1n) is 7.67. The Morgan fingerprint density at radius 2 is 2.04 bits per heavy atom. The fourth-order valence-corrected chi connectivity index (χ4v) is 5.70. The number of piperidine rings is 1. The molecule has 2 heterocycles. The van der Waals surface area contributed by atoms with Gasteiger partial charge in [-0.05, 0) is 42.5 Å². The Morgan fingerprint density at radius 3 is 2.72 bits per heavy atom. The van der Waals surface area contributed by atoms with E-state index in [1.807, 2.05) is 0 Å². The monoisotopic (exact) mass is 418 g/mol. The molecule has 1 aliphatic heterocycles. The molecule has 0 bridgehead atoms. The second-order valence-electron chi connectivity index (χ2n) is 5.75. The molecule has 0 aliphatic carbocycles. The van der Waals surface area contributed by atoms with E-state index in [0.717, 1.165) is 0 Å². The molecule has 0 unspecified atom stereocenters. The average molecular weight is 419 g/mol. The minimum Gasteiger partial charge on any atom is -0.326 e. The lowest BCUT2D eigenvalue weighted by Gasteiger charge is -2.30. The summed E-state index contributed by atoms with van der Waals surface area (Å²) in [6.45, 7) is 0.601. The molecule has 5 nitrogen and oxygen atoms in total. The van der Waals surface area contributed by atoms with Crippen LogP contribution in [0.4, 0.5) is 5.69 Å². The van der Waals surface area contributed by atoms with E-state index >= 15 is 0 Å². The van der Waals surface area contributed by atoms with Gasteiger partial charge in [-0.1, -0.05) is 29.3 Å². The van der Waals surface area contributed by atoms with E-state index < -0.39 is 15.9 Å². The molecule has 2 aromatic rings. The number of rotatable bonds is 4. The molecular formula is C16H16Cl2N2O3S2. The Labute approximate surface area is 160 Å². The van der Waals surface area contributed by atoms with Gasteiger partial charge in [-0.2, -0.15) is 4.31 Å². The third-order valence-electron chi connectivity index (χ3n) is 4.03. The molecule has 1 aliphatic rings. The summed E-state index contributed by atoms with van der Waals surface area (Å²) in [5.74, 6) is -0.623. The normalized spacial score (nSPS) is 18.9. The van der Waals surface area contributed by atoms with Crippen LogP contribution in [0.5, 0.6) is 0 Å². The standard InChI is InChI=1S/C16H16Cl2N2O3S2/c17-13-6-5-12(9-14(13)18)19-16(21)11-3-1-7-20(10-11)25(22,23)15-4-2-8-24-15/h2,4-6,8-9,11H,1,3,7,10H2,(H,19,21)/t11-/m1/s1. The molecule has 0 spiro atoms. The molecule has 1 saturated heterocycles. The van der Waals surface area contributed by atoms with E-state index in [4.69, 9.17) is 23.2 Å². The van der Waals surface area contributed by atoms with Crippen molar-refractivity contribution in [3.63, 3.8) is 0 Å². The number of hydrogen-bond donors (Lipinski definition) is 1. The molecule has 1 N–H and O–H groups in total. The van der Waals surface area contributed by atoms with Gasteiger partial charge < -0.3 is 5.32 Å². The zero-order valence-corrected chi connectivity index (χ0v) is 16.3. The van der Waals surface area contributed by atoms with Crippen LogP contribution in [0.3, 0.4) is 0 Å². The molecular weight excluding hydrogens is 403 g/mol. The molecule has 0 radical (unpaired) electrons. The Hall–Kier alpha value is -1.12. The smallest absolute Gasteiger partial charge is 0.252 e. The van der Waals surface area contributed by atoms with Gasteiger partial charge in [0.25, 0.3) is 10.0 Å². The number of anilines is 1. The maximum atomic E-state index is 12.6. The molecule has 1 aromatic heterocycles. The second-order valence-corrected chi connectivity index (χ2v) is 9.68. The van der Waals surface area contributed by atoms with Crippen LogP contribution in [-0.2, 0) is 14.8 Å². The van der Waals surface area contributed by atoms with Crippen molar-refractivity contribution in [2.75, 3.05) is 18.4 Å². The second kappa shape index (κ2) is 7.63. The Morgan fingerprint density at radius 1 is 1.24 bits per heavy atom. The summed E-state index contributed by atoms with van der Waals surface area (Å²) >= 11 is 13.0. The first-order chi connectivity index (χ1) is 11.9. The quantitative estimate of drug-likeness (QED) is 0.812. The number of sulfonamides is 1. The fourth-order valence-electron chi connectivity index (χ4n) is 2.73. The van der Waals surface area contributed by atoms with E-state index in [1.165, 1.54) is 15.6 Å². The first kappa shape index (κ1) is 18.7. The van der Waals surface area contributed by atoms with Crippen LogP contribution >= 0.6 is 34.5 Å². The summed E-state index contributed by atoms with van der Waals surface area (Å²) in [6.07, 6.45) is 1.29. The van der Waals surface area contributed by atoms with Crippen LogP contribution in [0, 0.1) is 5.92 Å². The predicted octanol–water partition coefficient (Wildman–Crippen LogP) is 4.09.